The number of rotatable bonds is 3. The molecule has 0 aromatic carbocycles. The molecular weight excluding hydrogens is 256 g/mol. The third kappa shape index (κ3) is 2.71. The third-order valence-corrected chi connectivity index (χ3v) is 4.54. The smallest absolute Gasteiger partial charge is 0.223 e. The summed E-state index contributed by atoms with van der Waals surface area (Å²) in [4.78, 5) is 25.5. The van der Waals surface area contributed by atoms with Crippen LogP contribution in [0.15, 0.2) is 22.8 Å². The van der Waals surface area contributed by atoms with Gasteiger partial charge in [0.2, 0.25) is 11.8 Å². The Labute approximate surface area is 118 Å². The van der Waals surface area contributed by atoms with E-state index in [1.807, 2.05) is 17.0 Å². The topological polar surface area (TPSA) is 62.6 Å². The predicted octanol–water partition coefficient (Wildman–Crippen LogP) is 1.34. The van der Waals surface area contributed by atoms with Crippen LogP contribution in [0.25, 0.3) is 0 Å². The first-order valence-electron chi connectivity index (χ1n) is 7.24. The van der Waals surface area contributed by atoms with Gasteiger partial charge in [-0.3, -0.25) is 9.59 Å². The van der Waals surface area contributed by atoms with Crippen LogP contribution in [-0.2, 0) is 16.0 Å². The van der Waals surface area contributed by atoms with Crippen molar-refractivity contribution in [2.45, 2.75) is 32.1 Å². The van der Waals surface area contributed by atoms with Crippen molar-refractivity contribution in [1.29, 1.82) is 0 Å². The highest BCUT2D eigenvalue weighted by atomic mass is 16.3. The Morgan fingerprint density at radius 2 is 2.20 bits per heavy atom. The highest BCUT2D eigenvalue weighted by molar-refractivity contribution is 5.79. The fourth-order valence-electron chi connectivity index (χ4n) is 3.18. The van der Waals surface area contributed by atoms with Gasteiger partial charge in [-0.1, -0.05) is 0 Å². The van der Waals surface area contributed by atoms with E-state index < -0.39 is 0 Å². The quantitative estimate of drug-likeness (QED) is 0.906. The Bertz CT molecular complexity index is 487. The Kier molecular flexibility index (Phi) is 3.51. The Morgan fingerprint density at radius 3 is 2.80 bits per heavy atom. The van der Waals surface area contributed by atoms with Gasteiger partial charge in [0.15, 0.2) is 0 Å². The molecule has 0 bridgehead atoms. The summed E-state index contributed by atoms with van der Waals surface area (Å²) >= 11 is 0. The number of carbonyl (C=O) groups is 2. The molecule has 1 spiro atoms. The van der Waals surface area contributed by atoms with Crippen LogP contribution in [-0.4, -0.2) is 36.3 Å². The van der Waals surface area contributed by atoms with E-state index >= 15 is 0 Å². The molecule has 0 saturated carbocycles. The van der Waals surface area contributed by atoms with Crippen LogP contribution < -0.4 is 5.32 Å². The van der Waals surface area contributed by atoms with Gasteiger partial charge in [-0.15, -0.1) is 0 Å². The minimum atomic E-state index is 0.106. The van der Waals surface area contributed by atoms with Gasteiger partial charge in [0.05, 0.1) is 6.26 Å². The Morgan fingerprint density at radius 1 is 1.40 bits per heavy atom. The molecule has 1 N–H and O–H groups in total. The molecule has 3 rings (SSSR count). The van der Waals surface area contributed by atoms with E-state index in [1.165, 1.54) is 0 Å². The van der Waals surface area contributed by atoms with Crippen molar-refractivity contribution in [2.75, 3.05) is 19.6 Å². The van der Waals surface area contributed by atoms with E-state index in [9.17, 15) is 9.59 Å². The average molecular weight is 276 g/mol. The molecule has 2 saturated heterocycles. The maximum Gasteiger partial charge on any atom is 0.223 e. The maximum absolute atomic E-state index is 12.2. The van der Waals surface area contributed by atoms with Crippen LogP contribution in [0.5, 0.6) is 0 Å². The first-order valence-corrected chi connectivity index (χ1v) is 7.24. The molecule has 0 unspecified atom stereocenters. The van der Waals surface area contributed by atoms with Gasteiger partial charge in [-0.25, -0.2) is 0 Å². The summed E-state index contributed by atoms with van der Waals surface area (Å²) in [6, 6.07) is 3.74. The highest BCUT2D eigenvalue weighted by Gasteiger charge is 2.41. The van der Waals surface area contributed by atoms with Crippen molar-refractivity contribution < 1.29 is 14.0 Å². The molecule has 2 fully saturated rings. The number of nitrogens with zero attached hydrogens (tertiary/aromatic N) is 1. The van der Waals surface area contributed by atoms with E-state index in [-0.39, 0.29) is 17.2 Å². The number of furan rings is 1. The first kappa shape index (κ1) is 13.2. The summed E-state index contributed by atoms with van der Waals surface area (Å²) < 4.78 is 5.24. The monoisotopic (exact) mass is 276 g/mol. The number of nitrogens with one attached hydrogen (secondary N) is 1. The Hall–Kier alpha value is -1.78. The first-order chi connectivity index (χ1) is 9.67. The summed E-state index contributed by atoms with van der Waals surface area (Å²) in [5, 5.41) is 2.91. The van der Waals surface area contributed by atoms with Gasteiger partial charge in [-0.2, -0.15) is 0 Å². The van der Waals surface area contributed by atoms with E-state index in [1.54, 1.807) is 6.26 Å². The molecular formula is C15H20N2O3. The van der Waals surface area contributed by atoms with E-state index in [0.717, 1.165) is 38.2 Å². The minimum absolute atomic E-state index is 0.106. The second kappa shape index (κ2) is 5.31. The lowest BCUT2D eigenvalue weighted by molar-refractivity contribution is -0.133. The number of carbonyl (C=O) groups excluding carboxylic acids is 2. The summed E-state index contributed by atoms with van der Waals surface area (Å²) in [7, 11) is 0. The van der Waals surface area contributed by atoms with Crippen LogP contribution >= 0.6 is 0 Å². The lowest BCUT2D eigenvalue weighted by atomic mass is 9.77. The average Bonchev–Trinajstić information content (AvgIpc) is 3.08. The van der Waals surface area contributed by atoms with Crippen LogP contribution in [0, 0.1) is 5.41 Å². The minimum Gasteiger partial charge on any atom is -0.469 e. The summed E-state index contributed by atoms with van der Waals surface area (Å²) in [5.74, 6) is 1.20. The molecule has 1 aromatic rings. The van der Waals surface area contributed by atoms with Gasteiger partial charge in [0.25, 0.3) is 0 Å². The second-order valence-corrected chi connectivity index (χ2v) is 5.91. The van der Waals surface area contributed by atoms with Crippen molar-refractivity contribution in [3.63, 3.8) is 0 Å². The normalized spacial score (nSPS) is 21.2. The van der Waals surface area contributed by atoms with Crippen LogP contribution in [0.1, 0.15) is 31.4 Å². The highest BCUT2D eigenvalue weighted by Crippen LogP contribution is 2.37. The molecule has 3 heterocycles. The fraction of sp³-hybridized carbons (Fsp3) is 0.600. The Balaban J connectivity index is 1.48. The van der Waals surface area contributed by atoms with E-state index in [2.05, 4.69) is 5.32 Å². The zero-order valence-electron chi connectivity index (χ0n) is 11.6. The number of hydrogen-bond donors (Lipinski definition) is 1. The molecule has 2 aliphatic rings. The molecule has 0 aliphatic carbocycles. The van der Waals surface area contributed by atoms with Crippen molar-refractivity contribution >= 4 is 11.8 Å². The second-order valence-electron chi connectivity index (χ2n) is 5.91. The lowest BCUT2D eigenvalue weighted by Gasteiger charge is -2.38. The van der Waals surface area contributed by atoms with Crippen molar-refractivity contribution in [3.8, 4) is 0 Å². The predicted molar refractivity (Wildman–Crippen MR) is 72.9 cm³/mol. The molecule has 0 radical (unpaired) electrons. The lowest BCUT2D eigenvalue weighted by Crippen LogP contribution is -2.44. The van der Waals surface area contributed by atoms with Gasteiger partial charge in [0, 0.05) is 38.9 Å². The zero-order chi connectivity index (χ0) is 14.0. The van der Waals surface area contributed by atoms with Crippen molar-refractivity contribution in [3.05, 3.63) is 24.2 Å². The summed E-state index contributed by atoms with van der Waals surface area (Å²) in [6.07, 6.45) is 5.28. The maximum atomic E-state index is 12.2. The molecule has 2 aliphatic heterocycles. The van der Waals surface area contributed by atoms with Crippen LogP contribution in [0.2, 0.25) is 0 Å². The molecule has 20 heavy (non-hydrogen) atoms. The van der Waals surface area contributed by atoms with E-state index in [4.69, 9.17) is 4.42 Å². The van der Waals surface area contributed by atoms with E-state index in [0.29, 0.717) is 19.3 Å². The molecule has 5 heteroatoms. The third-order valence-electron chi connectivity index (χ3n) is 4.54. The SMILES string of the molecule is O=C1CC2(CCN(C(=O)CCc3ccco3)CC2)CN1. The van der Waals surface area contributed by atoms with Crippen molar-refractivity contribution in [2.24, 2.45) is 5.41 Å². The fourth-order valence-corrected chi connectivity index (χ4v) is 3.18. The molecule has 5 nitrogen and oxygen atoms in total. The number of aryl methyl sites for hydroxylation is 1. The number of hydrogen-bond acceptors (Lipinski definition) is 3. The number of piperidine rings is 1. The van der Waals surface area contributed by atoms with Gasteiger partial charge >= 0.3 is 0 Å². The van der Waals surface area contributed by atoms with Crippen LogP contribution in [0.4, 0.5) is 0 Å². The molecule has 108 valence electrons. The number of amides is 2. The van der Waals surface area contributed by atoms with Crippen molar-refractivity contribution in [1.82, 2.24) is 10.2 Å². The zero-order valence-corrected chi connectivity index (χ0v) is 11.6. The van der Waals surface area contributed by atoms with Gasteiger partial charge in [-0.05, 0) is 30.4 Å². The molecule has 0 atom stereocenters. The number of likely N-dealkylation sites (tertiary alicyclic amines) is 1. The molecule has 1 aromatic heterocycles. The largest absolute Gasteiger partial charge is 0.469 e. The standard InChI is InChI=1S/C15H20N2O3/c18-13-10-15(11-16-13)5-7-17(8-6-15)14(19)4-3-12-2-1-9-20-12/h1-2,9H,3-8,10-11H2,(H,16,18). The van der Waals surface area contributed by atoms with Gasteiger partial charge < -0.3 is 14.6 Å². The summed E-state index contributed by atoms with van der Waals surface area (Å²) in [5.41, 5.74) is 0.106. The molecule has 2 amide bonds. The summed E-state index contributed by atoms with van der Waals surface area (Å²) in [6.45, 7) is 2.32. The van der Waals surface area contributed by atoms with Crippen LogP contribution in [0.3, 0.4) is 0 Å². The van der Waals surface area contributed by atoms with Gasteiger partial charge in [0.1, 0.15) is 5.76 Å².